The number of methoxy groups -OCH3 is 2. The minimum absolute atomic E-state index is 0.306. The van der Waals surface area contributed by atoms with Gasteiger partial charge in [0.25, 0.3) is 0 Å². The Labute approximate surface area is 168 Å². The zero-order chi connectivity index (χ0) is 20.2. The third-order valence-corrected chi connectivity index (χ3v) is 4.71. The van der Waals surface area contributed by atoms with Crippen LogP contribution in [-0.2, 0) is 6.54 Å². The molecule has 0 unspecified atom stereocenters. The molecule has 0 spiro atoms. The van der Waals surface area contributed by atoms with Crippen LogP contribution in [0.25, 0.3) is 11.4 Å². The summed E-state index contributed by atoms with van der Waals surface area (Å²) in [4.78, 5) is 12.3. The van der Waals surface area contributed by atoms with Gasteiger partial charge in [-0.15, -0.1) is 5.10 Å². The van der Waals surface area contributed by atoms with Crippen LogP contribution in [-0.4, -0.2) is 40.5 Å². The predicted octanol–water partition coefficient (Wildman–Crippen LogP) is 3.01. The second-order valence-electron chi connectivity index (χ2n) is 6.74. The second kappa shape index (κ2) is 8.17. The van der Waals surface area contributed by atoms with Gasteiger partial charge in [-0.1, -0.05) is 0 Å². The van der Waals surface area contributed by atoms with Gasteiger partial charge in [0.15, 0.2) is 5.82 Å². The molecule has 0 atom stereocenters. The highest BCUT2D eigenvalue weighted by molar-refractivity contribution is 5.89. The summed E-state index contributed by atoms with van der Waals surface area (Å²) in [6, 6.07) is 13.0. The highest BCUT2D eigenvalue weighted by Gasteiger charge is 2.28. The van der Waals surface area contributed by atoms with E-state index in [4.69, 9.17) is 9.47 Å². The van der Waals surface area contributed by atoms with E-state index in [9.17, 15) is 4.79 Å². The van der Waals surface area contributed by atoms with E-state index in [2.05, 4.69) is 26.2 Å². The maximum Gasteiger partial charge on any atom is 0.319 e. The fraction of sp³-hybridized carbons (Fsp3) is 0.300. The van der Waals surface area contributed by atoms with Crippen LogP contribution in [0.2, 0.25) is 0 Å². The van der Waals surface area contributed by atoms with Gasteiger partial charge in [-0.05, 0) is 65.7 Å². The average Bonchev–Trinajstić information content (AvgIpc) is 3.49. The quantitative estimate of drug-likeness (QED) is 0.638. The van der Waals surface area contributed by atoms with Crippen molar-refractivity contribution < 1.29 is 14.3 Å². The van der Waals surface area contributed by atoms with Crippen LogP contribution in [0.5, 0.6) is 11.5 Å². The normalized spacial score (nSPS) is 13.0. The molecule has 0 saturated heterocycles. The van der Waals surface area contributed by atoms with Crippen molar-refractivity contribution >= 4 is 11.7 Å². The summed E-state index contributed by atoms with van der Waals surface area (Å²) in [6.45, 7) is 0.306. The molecule has 9 nitrogen and oxygen atoms in total. The van der Waals surface area contributed by atoms with Crippen LogP contribution in [0.3, 0.4) is 0 Å². The van der Waals surface area contributed by atoms with Crippen LogP contribution in [0.1, 0.15) is 24.4 Å². The fourth-order valence-corrected chi connectivity index (χ4v) is 3.02. The van der Waals surface area contributed by atoms with E-state index < -0.39 is 0 Å². The molecule has 1 aliphatic rings. The molecule has 2 aromatic carbocycles. The van der Waals surface area contributed by atoms with Crippen LogP contribution < -0.4 is 20.1 Å². The van der Waals surface area contributed by atoms with Gasteiger partial charge in [0.2, 0.25) is 0 Å². The molecular formula is C20H22N6O3. The summed E-state index contributed by atoms with van der Waals surface area (Å²) >= 11 is 0. The number of rotatable bonds is 7. The van der Waals surface area contributed by atoms with Crippen LogP contribution in [0.4, 0.5) is 10.5 Å². The van der Waals surface area contributed by atoms with Gasteiger partial charge in [0.05, 0.1) is 20.3 Å². The zero-order valence-corrected chi connectivity index (χ0v) is 16.3. The van der Waals surface area contributed by atoms with Gasteiger partial charge in [0.1, 0.15) is 11.5 Å². The Hall–Kier alpha value is -3.62. The molecular weight excluding hydrogens is 372 g/mol. The first kappa shape index (κ1) is 18.7. The molecule has 0 aliphatic heterocycles. The summed E-state index contributed by atoms with van der Waals surface area (Å²) in [5.74, 6) is 2.13. The summed E-state index contributed by atoms with van der Waals surface area (Å²) < 4.78 is 12.4. The van der Waals surface area contributed by atoms with Crippen molar-refractivity contribution in [2.75, 3.05) is 19.5 Å². The lowest BCUT2D eigenvalue weighted by molar-refractivity contribution is 0.251. The average molecular weight is 394 g/mol. The van der Waals surface area contributed by atoms with E-state index in [0.29, 0.717) is 29.8 Å². The first-order valence-electron chi connectivity index (χ1n) is 9.32. The predicted molar refractivity (Wildman–Crippen MR) is 107 cm³/mol. The third-order valence-electron chi connectivity index (χ3n) is 4.71. The Balaban J connectivity index is 1.37. The first-order chi connectivity index (χ1) is 14.2. The van der Waals surface area contributed by atoms with Crippen molar-refractivity contribution in [2.24, 2.45) is 0 Å². The van der Waals surface area contributed by atoms with E-state index >= 15 is 0 Å². The second-order valence-corrected chi connectivity index (χ2v) is 6.74. The maximum absolute atomic E-state index is 12.3. The van der Waals surface area contributed by atoms with E-state index in [-0.39, 0.29) is 6.03 Å². The molecule has 2 N–H and O–H groups in total. The Morgan fingerprint density at radius 2 is 1.93 bits per heavy atom. The van der Waals surface area contributed by atoms with Gasteiger partial charge in [0, 0.05) is 23.4 Å². The van der Waals surface area contributed by atoms with Crippen LogP contribution in [0, 0.1) is 0 Å². The van der Waals surface area contributed by atoms with E-state index in [1.165, 1.54) is 0 Å². The van der Waals surface area contributed by atoms with E-state index in [0.717, 1.165) is 29.8 Å². The molecule has 4 rings (SSSR count). The van der Waals surface area contributed by atoms with Crippen LogP contribution in [0.15, 0.2) is 42.5 Å². The molecule has 3 aromatic rings. The van der Waals surface area contributed by atoms with Gasteiger partial charge >= 0.3 is 6.03 Å². The smallest absolute Gasteiger partial charge is 0.319 e. The summed E-state index contributed by atoms with van der Waals surface area (Å²) in [5.41, 5.74) is 2.41. The summed E-state index contributed by atoms with van der Waals surface area (Å²) in [6.07, 6.45) is 2.21. The lowest BCUT2D eigenvalue weighted by atomic mass is 10.2. The molecule has 2 amide bonds. The number of hydrogen-bond donors (Lipinski definition) is 2. The number of urea groups is 1. The SMILES string of the molecule is COc1ccc(OC)c(CNC(=O)Nc2ccc(-c3nnnn3C3CC3)cc2)c1. The Bertz CT molecular complexity index is 998. The number of nitrogens with zero attached hydrogens (tertiary/aromatic N) is 4. The number of benzene rings is 2. The highest BCUT2D eigenvalue weighted by atomic mass is 16.5. The largest absolute Gasteiger partial charge is 0.497 e. The molecule has 1 saturated carbocycles. The number of aromatic nitrogens is 4. The lowest BCUT2D eigenvalue weighted by Crippen LogP contribution is -2.28. The van der Waals surface area contributed by atoms with Crippen LogP contribution >= 0.6 is 0 Å². The maximum atomic E-state index is 12.3. The Kier molecular flexibility index (Phi) is 5.28. The van der Waals surface area contributed by atoms with E-state index in [1.807, 2.05) is 47.1 Å². The molecule has 1 heterocycles. The monoisotopic (exact) mass is 394 g/mol. The summed E-state index contributed by atoms with van der Waals surface area (Å²) in [7, 11) is 3.19. The van der Waals surface area contributed by atoms with Crippen molar-refractivity contribution in [2.45, 2.75) is 25.4 Å². The molecule has 150 valence electrons. The number of ether oxygens (including phenoxy) is 2. The van der Waals surface area contributed by atoms with Gasteiger partial charge in [-0.3, -0.25) is 0 Å². The van der Waals surface area contributed by atoms with Crippen molar-refractivity contribution in [3.63, 3.8) is 0 Å². The lowest BCUT2D eigenvalue weighted by Gasteiger charge is -2.12. The third kappa shape index (κ3) is 4.29. The minimum atomic E-state index is -0.314. The fourth-order valence-electron chi connectivity index (χ4n) is 3.02. The topological polar surface area (TPSA) is 103 Å². The van der Waals surface area contributed by atoms with E-state index in [1.54, 1.807) is 14.2 Å². The molecule has 9 heteroatoms. The zero-order valence-electron chi connectivity index (χ0n) is 16.3. The van der Waals surface area contributed by atoms with Crippen molar-refractivity contribution in [3.05, 3.63) is 48.0 Å². The van der Waals surface area contributed by atoms with Gasteiger partial charge in [-0.2, -0.15) is 0 Å². The molecule has 1 aromatic heterocycles. The molecule has 1 aliphatic carbocycles. The van der Waals surface area contributed by atoms with Crippen molar-refractivity contribution in [1.29, 1.82) is 0 Å². The first-order valence-corrected chi connectivity index (χ1v) is 9.32. The number of nitrogens with one attached hydrogen (secondary N) is 2. The number of hydrogen-bond acceptors (Lipinski definition) is 6. The molecule has 0 radical (unpaired) electrons. The van der Waals surface area contributed by atoms with Gasteiger partial charge < -0.3 is 20.1 Å². The highest BCUT2D eigenvalue weighted by Crippen LogP contribution is 2.36. The number of amides is 2. The number of anilines is 1. The molecule has 1 fully saturated rings. The van der Waals surface area contributed by atoms with Crippen molar-refractivity contribution in [1.82, 2.24) is 25.5 Å². The van der Waals surface area contributed by atoms with Crippen molar-refractivity contribution in [3.8, 4) is 22.9 Å². The molecule has 0 bridgehead atoms. The Morgan fingerprint density at radius 1 is 1.14 bits per heavy atom. The minimum Gasteiger partial charge on any atom is -0.497 e. The Morgan fingerprint density at radius 3 is 2.62 bits per heavy atom. The summed E-state index contributed by atoms with van der Waals surface area (Å²) in [5, 5.41) is 17.6. The number of carbonyl (C=O) groups is 1. The number of tetrazole rings is 1. The standard InChI is InChI=1S/C20H22N6O3/c1-28-17-9-10-18(29-2)14(11-17)12-21-20(27)22-15-5-3-13(4-6-15)19-23-24-25-26(19)16-7-8-16/h3-6,9-11,16H,7-8,12H2,1-2H3,(H2,21,22,27). The molecule has 29 heavy (non-hydrogen) atoms. The van der Waals surface area contributed by atoms with Gasteiger partial charge in [-0.25, -0.2) is 9.48 Å². The number of carbonyl (C=O) groups excluding carboxylic acids is 1.